The van der Waals surface area contributed by atoms with Gasteiger partial charge in [0.25, 0.3) is 5.69 Å². The lowest BCUT2D eigenvalue weighted by molar-refractivity contribution is -0.384. The summed E-state index contributed by atoms with van der Waals surface area (Å²) in [6.45, 7) is 1.99. The van der Waals surface area contributed by atoms with Crippen LogP contribution in [0.25, 0.3) is 0 Å². The number of nitrogens with zero attached hydrogens (tertiary/aromatic N) is 1. The molecule has 0 radical (unpaired) electrons. The van der Waals surface area contributed by atoms with Crippen molar-refractivity contribution in [3.05, 3.63) is 57.6 Å². The van der Waals surface area contributed by atoms with Crippen molar-refractivity contribution in [2.24, 2.45) is 0 Å². The second kappa shape index (κ2) is 5.96. The Morgan fingerprint density at radius 1 is 1.20 bits per heavy atom. The van der Waals surface area contributed by atoms with Crippen LogP contribution in [0.15, 0.2) is 36.4 Å². The molecular weight excluding hydrogens is 344 g/mol. The van der Waals surface area contributed by atoms with Gasteiger partial charge in [-0.15, -0.1) is 11.8 Å². The number of non-ortho nitro benzene ring substituents is 1. The third-order valence-electron chi connectivity index (χ3n) is 4.20. The van der Waals surface area contributed by atoms with Gasteiger partial charge in [-0.1, -0.05) is 12.1 Å². The average Bonchev–Trinajstić information content (AvgIpc) is 3.01. The molecule has 7 nitrogen and oxygen atoms in total. The highest BCUT2D eigenvalue weighted by Crippen LogP contribution is 2.48. The largest absolute Gasteiger partial charge is 0.454 e. The number of carbonyl (C=O) groups is 1. The number of rotatable bonds is 2. The van der Waals surface area contributed by atoms with Crippen molar-refractivity contribution < 1.29 is 19.2 Å². The molecule has 1 amide bonds. The zero-order valence-corrected chi connectivity index (χ0v) is 14.0. The number of thioether (sulfide) groups is 1. The zero-order valence-electron chi connectivity index (χ0n) is 13.2. The lowest BCUT2D eigenvalue weighted by Gasteiger charge is -2.18. The molecule has 128 valence electrons. The standard InChI is InChI=1S/C17H14N2O5S/c1-9-17(20)18-13-7-15-14(23-8-24-15)6-12(13)16(25-9)10-2-4-11(5-3-10)19(21)22/h2-7,9,16H,8H2,1H3,(H,18,20). The van der Waals surface area contributed by atoms with Crippen LogP contribution in [0.1, 0.15) is 23.3 Å². The fourth-order valence-electron chi connectivity index (χ4n) is 2.89. The molecule has 2 atom stereocenters. The molecule has 2 heterocycles. The van der Waals surface area contributed by atoms with Crippen molar-refractivity contribution >= 4 is 29.0 Å². The highest BCUT2D eigenvalue weighted by atomic mass is 32.2. The molecule has 0 aromatic heterocycles. The van der Waals surface area contributed by atoms with E-state index in [0.717, 1.165) is 11.1 Å². The molecule has 0 bridgehead atoms. The maximum atomic E-state index is 12.3. The molecule has 2 aliphatic rings. The van der Waals surface area contributed by atoms with Crippen molar-refractivity contribution in [3.8, 4) is 11.5 Å². The third-order valence-corrected chi connectivity index (χ3v) is 5.62. The first-order valence-corrected chi connectivity index (χ1v) is 8.61. The second-order valence-electron chi connectivity index (χ2n) is 5.79. The van der Waals surface area contributed by atoms with Gasteiger partial charge < -0.3 is 14.8 Å². The van der Waals surface area contributed by atoms with Crippen LogP contribution in [-0.2, 0) is 4.79 Å². The van der Waals surface area contributed by atoms with Crippen LogP contribution in [0.4, 0.5) is 11.4 Å². The minimum absolute atomic E-state index is 0.0375. The Labute approximate surface area is 147 Å². The number of hydrogen-bond acceptors (Lipinski definition) is 6. The van der Waals surface area contributed by atoms with Gasteiger partial charge in [0.15, 0.2) is 11.5 Å². The van der Waals surface area contributed by atoms with Gasteiger partial charge in [0.1, 0.15) is 0 Å². The normalized spacial score (nSPS) is 21.2. The summed E-state index contributed by atoms with van der Waals surface area (Å²) in [5.74, 6) is 1.14. The summed E-state index contributed by atoms with van der Waals surface area (Å²) < 4.78 is 10.9. The predicted octanol–water partition coefficient (Wildman–Crippen LogP) is 3.49. The quantitative estimate of drug-likeness (QED) is 0.653. The van der Waals surface area contributed by atoms with Crippen LogP contribution in [0.2, 0.25) is 0 Å². The van der Waals surface area contributed by atoms with E-state index < -0.39 is 4.92 Å². The lowest BCUT2D eigenvalue weighted by atomic mass is 10.0. The van der Waals surface area contributed by atoms with E-state index in [1.54, 1.807) is 18.2 Å². The number of ether oxygens (including phenoxy) is 2. The minimum Gasteiger partial charge on any atom is -0.454 e. The van der Waals surface area contributed by atoms with Gasteiger partial charge >= 0.3 is 0 Å². The molecule has 0 fully saturated rings. The molecule has 2 aromatic carbocycles. The van der Waals surface area contributed by atoms with Crippen LogP contribution in [0, 0.1) is 10.1 Å². The van der Waals surface area contributed by atoms with E-state index in [2.05, 4.69) is 5.32 Å². The Morgan fingerprint density at radius 2 is 1.88 bits per heavy atom. The van der Waals surface area contributed by atoms with Crippen LogP contribution in [0.3, 0.4) is 0 Å². The van der Waals surface area contributed by atoms with Gasteiger partial charge in [-0.3, -0.25) is 14.9 Å². The van der Waals surface area contributed by atoms with E-state index >= 15 is 0 Å². The van der Waals surface area contributed by atoms with Crippen LogP contribution in [0.5, 0.6) is 11.5 Å². The number of fused-ring (bicyclic) bond motifs is 2. The molecule has 2 unspecified atom stereocenters. The molecule has 1 N–H and O–H groups in total. The minimum atomic E-state index is -0.427. The fourth-order valence-corrected chi connectivity index (χ4v) is 4.13. The molecule has 2 aromatic rings. The third kappa shape index (κ3) is 2.78. The molecule has 0 saturated heterocycles. The smallest absolute Gasteiger partial charge is 0.269 e. The van der Waals surface area contributed by atoms with Crippen molar-refractivity contribution in [2.45, 2.75) is 17.4 Å². The summed E-state index contributed by atoms with van der Waals surface area (Å²) in [7, 11) is 0. The Bertz CT molecular complexity index is 868. The van der Waals surface area contributed by atoms with E-state index in [1.165, 1.54) is 23.9 Å². The van der Waals surface area contributed by atoms with E-state index in [0.29, 0.717) is 17.2 Å². The number of nitrogens with one attached hydrogen (secondary N) is 1. The Hall–Kier alpha value is -2.74. The monoisotopic (exact) mass is 358 g/mol. The molecule has 4 rings (SSSR count). The number of hydrogen-bond donors (Lipinski definition) is 1. The summed E-state index contributed by atoms with van der Waals surface area (Å²) in [6.07, 6.45) is 0. The van der Waals surface area contributed by atoms with Gasteiger partial charge in [-0.2, -0.15) is 0 Å². The number of nitro groups is 1. The highest BCUT2D eigenvalue weighted by molar-refractivity contribution is 8.01. The topological polar surface area (TPSA) is 90.7 Å². The number of benzene rings is 2. The molecule has 0 aliphatic carbocycles. The maximum Gasteiger partial charge on any atom is 0.269 e. The van der Waals surface area contributed by atoms with Crippen molar-refractivity contribution in [1.82, 2.24) is 0 Å². The predicted molar refractivity (Wildman–Crippen MR) is 93.2 cm³/mol. The fraction of sp³-hybridized carbons (Fsp3) is 0.235. The molecular formula is C17H14N2O5S. The molecule has 0 saturated carbocycles. The van der Waals surface area contributed by atoms with Gasteiger partial charge in [-0.25, -0.2) is 0 Å². The summed E-state index contributed by atoms with van der Waals surface area (Å²) in [6, 6.07) is 10.1. The summed E-state index contributed by atoms with van der Waals surface area (Å²) in [5.41, 5.74) is 2.49. The van der Waals surface area contributed by atoms with Gasteiger partial charge in [0.2, 0.25) is 12.7 Å². The summed E-state index contributed by atoms with van der Waals surface area (Å²) in [4.78, 5) is 22.8. The average molecular weight is 358 g/mol. The number of anilines is 1. The van der Waals surface area contributed by atoms with E-state index in [-0.39, 0.29) is 28.9 Å². The zero-order chi connectivity index (χ0) is 17.6. The summed E-state index contributed by atoms with van der Waals surface area (Å²) in [5, 5.41) is 13.4. The molecule has 25 heavy (non-hydrogen) atoms. The Kier molecular flexibility index (Phi) is 3.76. The van der Waals surface area contributed by atoms with Crippen LogP contribution < -0.4 is 14.8 Å². The number of carbonyl (C=O) groups excluding carboxylic acids is 1. The molecule has 2 aliphatic heterocycles. The van der Waals surface area contributed by atoms with Crippen molar-refractivity contribution in [2.75, 3.05) is 12.1 Å². The number of nitro benzene ring substituents is 1. The van der Waals surface area contributed by atoms with E-state index in [9.17, 15) is 14.9 Å². The summed E-state index contributed by atoms with van der Waals surface area (Å²) >= 11 is 1.49. The van der Waals surface area contributed by atoms with Crippen molar-refractivity contribution in [3.63, 3.8) is 0 Å². The first-order chi connectivity index (χ1) is 12.0. The van der Waals surface area contributed by atoms with Crippen LogP contribution in [-0.4, -0.2) is 22.9 Å². The Balaban J connectivity index is 1.81. The lowest BCUT2D eigenvalue weighted by Crippen LogP contribution is -2.20. The van der Waals surface area contributed by atoms with Gasteiger partial charge in [0, 0.05) is 23.9 Å². The highest BCUT2D eigenvalue weighted by Gasteiger charge is 2.31. The van der Waals surface area contributed by atoms with Gasteiger partial charge in [-0.05, 0) is 24.1 Å². The first-order valence-electron chi connectivity index (χ1n) is 7.67. The Morgan fingerprint density at radius 3 is 2.56 bits per heavy atom. The number of amides is 1. The molecule has 0 spiro atoms. The first kappa shape index (κ1) is 15.8. The van der Waals surface area contributed by atoms with E-state index in [4.69, 9.17) is 9.47 Å². The SMILES string of the molecule is CC1SC(c2ccc([N+](=O)[O-])cc2)c2cc3c(cc2NC1=O)OCO3. The van der Waals surface area contributed by atoms with Crippen molar-refractivity contribution in [1.29, 1.82) is 0 Å². The van der Waals surface area contributed by atoms with Crippen LogP contribution >= 0.6 is 11.8 Å². The maximum absolute atomic E-state index is 12.3. The van der Waals surface area contributed by atoms with E-state index in [1.807, 2.05) is 13.0 Å². The second-order valence-corrected chi connectivity index (χ2v) is 7.24. The molecule has 8 heteroatoms. The van der Waals surface area contributed by atoms with Gasteiger partial charge in [0.05, 0.1) is 15.4 Å².